The number of nitriles is 1. The Hall–Kier alpha value is -2.81. The summed E-state index contributed by atoms with van der Waals surface area (Å²) < 4.78 is 6.32. The van der Waals surface area contributed by atoms with E-state index in [0.717, 1.165) is 37.7 Å². The first-order chi connectivity index (χ1) is 12.2. The number of para-hydroxylation sites is 1. The van der Waals surface area contributed by atoms with Gasteiger partial charge < -0.3 is 9.64 Å². The van der Waals surface area contributed by atoms with Gasteiger partial charge >= 0.3 is 5.97 Å². The van der Waals surface area contributed by atoms with Crippen molar-refractivity contribution in [3.8, 4) is 6.07 Å². The molecule has 2 aromatic rings. The minimum atomic E-state index is -0.482. The van der Waals surface area contributed by atoms with Crippen molar-refractivity contribution < 1.29 is 9.53 Å². The van der Waals surface area contributed by atoms with Crippen LogP contribution >= 0.6 is 0 Å². The van der Waals surface area contributed by atoms with Crippen LogP contribution in [0, 0.1) is 11.3 Å². The third-order valence-corrected chi connectivity index (χ3v) is 4.52. The van der Waals surface area contributed by atoms with E-state index in [0.29, 0.717) is 11.2 Å². The number of nitrogens with zero attached hydrogens (tertiary/aromatic N) is 3. The molecule has 25 heavy (non-hydrogen) atoms. The highest BCUT2D eigenvalue weighted by Gasteiger charge is 2.23. The molecule has 2 heterocycles. The number of piperidine rings is 1. The molecule has 0 radical (unpaired) electrons. The lowest BCUT2D eigenvalue weighted by Crippen LogP contribution is -2.34. The van der Waals surface area contributed by atoms with Crippen molar-refractivity contribution in [2.75, 3.05) is 24.6 Å². The Labute approximate surface area is 146 Å². The minimum absolute atomic E-state index is 0.102. The van der Waals surface area contributed by atoms with Gasteiger partial charge in [-0.2, -0.15) is 5.26 Å². The van der Waals surface area contributed by atoms with Crippen LogP contribution in [-0.4, -0.2) is 30.2 Å². The van der Waals surface area contributed by atoms with E-state index in [2.05, 4.69) is 11.0 Å². The number of fused-ring (bicyclic) bond motifs is 1. The molecule has 0 unspecified atom stereocenters. The van der Waals surface area contributed by atoms with Gasteiger partial charge in [-0.05, 0) is 32.3 Å². The van der Waals surface area contributed by atoms with Crippen molar-refractivity contribution in [2.45, 2.75) is 32.7 Å². The van der Waals surface area contributed by atoms with Crippen molar-refractivity contribution in [2.24, 2.45) is 0 Å². The first-order valence-electron chi connectivity index (χ1n) is 8.63. The second-order valence-electron chi connectivity index (χ2n) is 6.10. The molecule has 1 aromatic heterocycles. The van der Waals surface area contributed by atoms with E-state index >= 15 is 0 Å². The summed E-state index contributed by atoms with van der Waals surface area (Å²) in [6.45, 7) is 3.45. The molecule has 0 amide bonds. The fourth-order valence-electron chi connectivity index (χ4n) is 3.43. The predicted octanol–water partition coefficient (Wildman–Crippen LogP) is 2.43. The van der Waals surface area contributed by atoms with Crippen molar-refractivity contribution >= 4 is 22.6 Å². The zero-order valence-electron chi connectivity index (χ0n) is 14.3. The summed E-state index contributed by atoms with van der Waals surface area (Å²) in [5.41, 5.74) is 1.02. The summed E-state index contributed by atoms with van der Waals surface area (Å²) in [4.78, 5) is 27.0. The number of rotatable bonds is 4. The average Bonchev–Trinajstić information content (AvgIpc) is 2.64. The van der Waals surface area contributed by atoms with Crippen LogP contribution in [0.5, 0.6) is 0 Å². The topological polar surface area (TPSA) is 75.3 Å². The first kappa shape index (κ1) is 17.0. The maximum absolute atomic E-state index is 12.9. The Kier molecular flexibility index (Phi) is 5.03. The summed E-state index contributed by atoms with van der Waals surface area (Å²) >= 11 is 0. The fraction of sp³-hybridized carbons (Fsp3) is 0.421. The maximum Gasteiger partial charge on any atom is 0.326 e. The van der Waals surface area contributed by atoms with E-state index in [9.17, 15) is 14.9 Å². The Morgan fingerprint density at radius 2 is 1.96 bits per heavy atom. The molecule has 1 aliphatic rings. The fourth-order valence-corrected chi connectivity index (χ4v) is 3.43. The van der Waals surface area contributed by atoms with E-state index < -0.39 is 11.5 Å². The molecule has 1 aliphatic heterocycles. The maximum atomic E-state index is 12.9. The first-order valence-corrected chi connectivity index (χ1v) is 8.63. The van der Waals surface area contributed by atoms with Crippen molar-refractivity contribution in [1.82, 2.24) is 4.57 Å². The van der Waals surface area contributed by atoms with Gasteiger partial charge in [0.1, 0.15) is 18.2 Å². The molecule has 0 atom stereocenters. The number of carbonyl (C=O) groups excluding carboxylic acids is 1. The average molecular weight is 339 g/mol. The van der Waals surface area contributed by atoms with Crippen molar-refractivity contribution in [3.63, 3.8) is 0 Å². The lowest BCUT2D eigenvalue weighted by molar-refractivity contribution is -0.143. The minimum Gasteiger partial charge on any atom is -0.465 e. The third kappa shape index (κ3) is 3.22. The van der Waals surface area contributed by atoms with E-state index in [1.54, 1.807) is 6.92 Å². The number of hydrogen-bond acceptors (Lipinski definition) is 5. The predicted molar refractivity (Wildman–Crippen MR) is 95.6 cm³/mol. The largest absolute Gasteiger partial charge is 0.465 e. The molecular formula is C19H21N3O3. The number of ether oxygens (including phenoxy) is 1. The second kappa shape index (κ2) is 7.39. The van der Waals surface area contributed by atoms with Gasteiger partial charge in [-0.3, -0.25) is 14.2 Å². The standard InChI is InChI=1S/C19H21N3O3/c1-2-25-17(23)13-22-16-9-5-4-8-14(16)18(15(12-20)19(22)24)21-10-6-3-7-11-21/h4-5,8-9H,2-3,6-7,10-11,13H2,1H3. The second-order valence-corrected chi connectivity index (χ2v) is 6.10. The molecule has 130 valence electrons. The molecule has 0 bridgehead atoms. The van der Waals surface area contributed by atoms with Gasteiger partial charge in [-0.25, -0.2) is 0 Å². The van der Waals surface area contributed by atoms with Crippen LogP contribution in [0.1, 0.15) is 31.7 Å². The van der Waals surface area contributed by atoms with E-state index in [1.165, 1.54) is 4.57 Å². The number of pyridine rings is 1. The molecule has 0 saturated carbocycles. The lowest BCUT2D eigenvalue weighted by atomic mass is 10.0. The highest BCUT2D eigenvalue weighted by atomic mass is 16.5. The van der Waals surface area contributed by atoms with Crippen LogP contribution in [0.4, 0.5) is 5.69 Å². The van der Waals surface area contributed by atoms with Crippen LogP contribution in [0.2, 0.25) is 0 Å². The van der Waals surface area contributed by atoms with Gasteiger partial charge in [0.15, 0.2) is 0 Å². The van der Waals surface area contributed by atoms with Crippen LogP contribution < -0.4 is 10.5 Å². The van der Waals surface area contributed by atoms with Gasteiger partial charge in [-0.1, -0.05) is 18.2 Å². The number of benzene rings is 1. The molecule has 1 saturated heterocycles. The Morgan fingerprint density at radius 3 is 2.64 bits per heavy atom. The summed E-state index contributed by atoms with van der Waals surface area (Å²) in [7, 11) is 0. The molecule has 3 rings (SSSR count). The molecule has 6 nitrogen and oxygen atoms in total. The SMILES string of the molecule is CCOC(=O)Cn1c(=O)c(C#N)c(N2CCCCC2)c2ccccc21. The molecule has 1 aromatic carbocycles. The Balaban J connectivity index is 2.23. The number of aromatic nitrogens is 1. The van der Waals surface area contributed by atoms with E-state index in [-0.39, 0.29) is 18.7 Å². The molecule has 0 N–H and O–H groups in total. The van der Waals surface area contributed by atoms with Crippen molar-refractivity contribution in [3.05, 3.63) is 40.2 Å². The highest BCUT2D eigenvalue weighted by Crippen LogP contribution is 2.30. The summed E-state index contributed by atoms with van der Waals surface area (Å²) in [6.07, 6.45) is 3.26. The monoisotopic (exact) mass is 339 g/mol. The molecule has 0 spiro atoms. The molecular weight excluding hydrogens is 318 g/mol. The number of anilines is 1. The van der Waals surface area contributed by atoms with E-state index in [1.807, 2.05) is 24.3 Å². The number of esters is 1. The highest BCUT2D eigenvalue weighted by molar-refractivity contribution is 5.95. The number of carbonyl (C=O) groups is 1. The quantitative estimate of drug-likeness (QED) is 0.800. The van der Waals surface area contributed by atoms with Crippen LogP contribution in [0.25, 0.3) is 10.9 Å². The smallest absolute Gasteiger partial charge is 0.326 e. The summed E-state index contributed by atoms with van der Waals surface area (Å²) in [5, 5.41) is 10.5. The van der Waals surface area contributed by atoms with Gasteiger partial charge in [0.25, 0.3) is 5.56 Å². The zero-order chi connectivity index (χ0) is 17.8. The normalized spacial score (nSPS) is 14.3. The van der Waals surface area contributed by atoms with Crippen LogP contribution in [0.15, 0.2) is 29.1 Å². The Morgan fingerprint density at radius 1 is 1.24 bits per heavy atom. The molecule has 0 aliphatic carbocycles. The van der Waals surface area contributed by atoms with Gasteiger partial charge in [0, 0.05) is 18.5 Å². The summed E-state index contributed by atoms with van der Waals surface area (Å²) in [6, 6.07) is 9.50. The van der Waals surface area contributed by atoms with Crippen LogP contribution in [-0.2, 0) is 16.1 Å². The molecule has 6 heteroatoms. The van der Waals surface area contributed by atoms with E-state index in [4.69, 9.17) is 4.74 Å². The van der Waals surface area contributed by atoms with Gasteiger partial charge in [0.2, 0.25) is 0 Å². The lowest BCUT2D eigenvalue weighted by Gasteiger charge is -2.31. The summed E-state index contributed by atoms with van der Waals surface area (Å²) in [5.74, 6) is -0.482. The zero-order valence-corrected chi connectivity index (χ0v) is 14.3. The Bertz CT molecular complexity index is 889. The van der Waals surface area contributed by atoms with Crippen molar-refractivity contribution in [1.29, 1.82) is 5.26 Å². The van der Waals surface area contributed by atoms with Gasteiger partial charge in [-0.15, -0.1) is 0 Å². The van der Waals surface area contributed by atoms with Gasteiger partial charge in [0.05, 0.1) is 17.8 Å². The van der Waals surface area contributed by atoms with Crippen LogP contribution in [0.3, 0.4) is 0 Å². The number of hydrogen-bond donors (Lipinski definition) is 0. The third-order valence-electron chi connectivity index (χ3n) is 4.52. The molecule has 1 fully saturated rings.